The third-order valence-electron chi connectivity index (χ3n) is 1.71. The van der Waals surface area contributed by atoms with Crippen molar-refractivity contribution in [3.05, 3.63) is 35.1 Å². The van der Waals surface area contributed by atoms with Gasteiger partial charge in [-0.2, -0.15) is 13.2 Å². The largest absolute Gasteiger partial charge is 0.419 e. The van der Waals surface area contributed by atoms with E-state index in [1.165, 1.54) is 6.92 Å². The van der Waals surface area contributed by atoms with Gasteiger partial charge >= 0.3 is 6.18 Å². The van der Waals surface area contributed by atoms with Crippen LogP contribution < -0.4 is 0 Å². The first-order valence-corrected chi connectivity index (χ1v) is 3.75. The number of hydrogen-bond acceptors (Lipinski definition) is 1. The molecular weight excluding hydrogens is 198 g/mol. The monoisotopic (exact) mass is 205 g/mol. The summed E-state index contributed by atoms with van der Waals surface area (Å²) in [5, 5.41) is 7.07. The van der Waals surface area contributed by atoms with Gasteiger partial charge in [0.1, 0.15) is 5.82 Å². The van der Waals surface area contributed by atoms with Gasteiger partial charge in [-0.05, 0) is 13.0 Å². The standard InChI is InChI=1S/C9H7F4N/c1-5(14)6-3-2-4-7(8(6)10)9(11,12)13/h2-4,14H,1H3. The zero-order valence-electron chi connectivity index (χ0n) is 7.24. The van der Waals surface area contributed by atoms with E-state index in [1.807, 2.05) is 0 Å². The van der Waals surface area contributed by atoms with Crippen LogP contribution in [-0.4, -0.2) is 5.71 Å². The van der Waals surface area contributed by atoms with Gasteiger partial charge in [-0.25, -0.2) is 4.39 Å². The summed E-state index contributed by atoms with van der Waals surface area (Å²) in [7, 11) is 0. The van der Waals surface area contributed by atoms with Crippen LogP contribution in [0, 0.1) is 11.2 Å². The molecule has 1 rings (SSSR count). The van der Waals surface area contributed by atoms with Crippen LogP contribution in [0.3, 0.4) is 0 Å². The van der Waals surface area contributed by atoms with Crippen LogP contribution in [0.25, 0.3) is 0 Å². The molecule has 0 unspecified atom stereocenters. The maximum absolute atomic E-state index is 13.2. The number of halogens is 4. The fraction of sp³-hybridized carbons (Fsp3) is 0.222. The van der Waals surface area contributed by atoms with Crippen molar-refractivity contribution in [3.8, 4) is 0 Å². The van der Waals surface area contributed by atoms with Crippen molar-refractivity contribution in [2.75, 3.05) is 0 Å². The summed E-state index contributed by atoms with van der Waals surface area (Å²) >= 11 is 0. The molecule has 0 amide bonds. The van der Waals surface area contributed by atoms with Gasteiger partial charge in [0.15, 0.2) is 0 Å². The van der Waals surface area contributed by atoms with Crippen molar-refractivity contribution in [2.45, 2.75) is 13.1 Å². The molecule has 5 heteroatoms. The molecule has 0 saturated carbocycles. The van der Waals surface area contributed by atoms with Crippen LogP contribution in [0.5, 0.6) is 0 Å². The molecule has 0 radical (unpaired) electrons. The topological polar surface area (TPSA) is 23.9 Å². The first-order valence-electron chi connectivity index (χ1n) is 3.75. The van der Waals surface area contributed by atoms with Crippen molar-refractivity contribution >= 4 is 5.71 Å². The third-order valence-corrected chi connectivity index (χ3v) is 1.71. The van der Waals surface area contributed by atoms with E-state index in [0.717, 1.165) is 12.1 Å². The summed E-state index contributed by atoms with van der Waals surface area (Å²) in [4.78, 5) is 0. The zero-order valence-corrected chi connectivity index (χ0v) is 7.24. The molecule has 14 heavy (non-hydrogen) atoms. The fourth-order valence-corrected chi connectivity index (χ4v) is 1.04. The van der Waals surface area contributed by atoms with Crippen molar-refractivity contribution in [1.82, 2.24) is 0 Å². The van der Waals surface area contributed by atoms with Crippen molar-refractivity contribution < 1.29 is 17.6 Å². The Morgan fingerprint density at radius 2 is 1.86 bits per heavy atom. The summed E-state index contributed by atoms with van der Waals surface area (Å²) in [6.07, 6.45) is -4.71. The van der Waals surface area contributed by atoms with Crippen LogP contribution >= 0.6 is 0 Å². The molecule has 0 aliphatic heterocycles. The van der Waals surface area contributed by atoms with Crippen molar-refractivity contribution in [1.29, 1.82) is 5.41 Å². The average molecular weight is 205 g/mol. The number of nitrogens with one attached hydrogen (secondary N) is 1. The van der Waals surface area contributed by atoms with Gasteiger partial charge in [0.25, 0.3) is 0 Å². The molecule has 0 heterocycles. The minimum atomic E-state index is -4.71. The highest BCUT2D eigenvalue weighted by atomic mass is 19.4. The maximum Gasteiger partial charge on any atom is 0.419 e. The Morgan fingerprint density at radius 3 is 2.29 bits per heavy atom. The second-order valence-electron chi connectivity index (χ2n) is 2.79. The van der Waals surface area contributed by atoms with E-state index in [1.54, 1.807) is 0 Å². The highest BCUT2D eigenvalue weighted by Crippen LogP contribution is 2.32. The molecule has 0 aromatic heterocycles. The molecule has 1 aromatic carbocycles. The van der Waals surface area contributed by atoms with Crippen LogP contribution in [0.1, 0.15) is 18.1 Å². The second kappa shape index (κ2) is 3.40. The van der Waals surface area contributed by atoms with Gasteiger partial charge in [0.05, 0.1) is 5.56 Å². The first kappa shape index (κ1) is 10.7. The van der Waals surface area contributed by atoms with E-state index in [4.69, 9.17) is 5.41 Å². The summed E-state index contributed by atoms with van der Waals surface area (Å²) in [6, 6.07) is 2.88. The first-order chi connectivity index (χ1) is 6.34. The van der Waals surface area contributed by atoms with Gasteiger partial charge in [-0.1, -0.05) is 12.1 Å². The average Bonchev–Trinajstić information content (AvgIpc) is 2.01. The minimum Gasteiger partial charge on any atom is -0.305 e. The summed E-state index contributed by atoms with van der Waals surface area (Å²) < 4.78 is 49.7. The van der Waals surface area contributed by atoms with E-state index in [-0.39, 0.29) is 11.3 Å². The second-order valence-corrected chi connectivity index (χ2v) is 2.79. The molecule has 0 spiro atoms. The van der Waals surface area contributed by atoms with Gasteiger partial charge in [-0.3, -0.25) is 0 Å². The Labute approximate surface area is 77.9 Å². The van der Waals surface area contributed by atoms with Gasteiger partial charge in [0, 0.05) is 11.3 Å². The van der Waals surface area contributed by atoms with Crippen molar-refractivity contribution in [2.24, 2.45) is 0 Å². The summed E-state index contributed by atoms with van der Waals surface area (Å²) in [5.41, 5.74) is -1.88. The molecule has 0 aliphatic carbocycles. The van der Waals surface area contributed by atoms with Crippen molar-refractivity contribution in [3.63, 3.8) is 0 Å². The number of benzene rings is 1. The summed E-state index contributed by atoms with van der Waals surface area (Å²) in [5.74, 6) is -1.38. The Hall–Kier alpha value is -1.39. The molecule has 0 fully saturated rings. The highest BCUT2D eigenvalue weighted by molar-refractivity contribution is 5.96. The lowest BCUT2D eigenvalue weighted by molar-refractivity contribution is -0.140. The lowest BCUT2D eigenvalue weighted by Gasteiger charge is -2.09. The Bertz CT molecular complexity index is 368. The zero-order chi connectivity index (χ0) is 10.9. The number of hydrogen-bond donors (Lipinski definition) is 1. The van der Waals surface area contributed by atoms with E-state index < -0.39 is 17.6 Å². The van der Waals surface area contributed by atoms with E-state index >= 15 is 0 Å². The molecule has 1 aromatic rings. The maximum atomic E-state index is 13.2. The van der Waals surface area contributed by atoms with Crippen LogP contribution in [0.2, 0.25) is 0 Å². The van der Waals surface area contributed by atoms with Crippen LogP contribution in [0.4, 0.5) is 17.6 Å². The lowest BCUT2D eigenvalue weighted by Crippen LogP contribution is -2.11. The van der Waals surface area contributed by atoms with Gasteiger partial charge in [0.2, 0.25) is 0 Å². The number of alkyl halides is 3. The highest BCUT2D eigenvalue weighted by Gasteiger charge is 2.34. The molecular formula is C9H7F4N. The smallest absolute Gasteiger partial charge is 0.305 e. The van der Waals surface area contributed by atoms with E-state index in [0.29, 0.717) is 6.07 Å². The SMILES string of the molecule is CC(=N)c1cccc(C(F)(F)F)c1F. The van der Waals surface area contributed by atoms with Gasteiger partial charge in [-0.15, -0.1) is 0 Å². The lowest BCUT2D eigenvalue weighted by atomic mass is 10.1. The molecule has 0 bridgehead atoms. The van der Waals surface area contributed by atoms with Crippen LogP contribution in [-0.2, 0) is 6.18 Å². The predicted octanol–water partition coefficient (Wildman–Crippen LogP) is 3.23. The Balaban J connectivity index is 3.35. The normalized spacial score (nSPS) is 11.5. The molecule has 76 valence electrons. The van der Waals surface area contributed by atoms with E-state index in [2.05, 4.69) is 0 Å². The molecule has 0 aliphatic rings. The molecule has 1 nitrogen and oxygen atoms in total. The molecule has 0 saturated heterocycles. The Kier molecular flexibility index (Phi) is 2.59. The minimum absolute atomic E-state index is 0.228. The quantitative estimate of drug-likeness (QED) is 0.537. The van der Waals surface area contributed by atoms with Crippen LogP contribution in [0.15, 0.2) is 18.2 Å². The Morgan fingerprint density at radius 1 is 1.29 bits per heavy atom. The fourth-order valence-electron chi connectivity index (χ4n) is 1.04. The summed E-state index contributed by atoms with van der Waals surface area (Å²) in [6.45, 7) is 1.23. The van der Waals surface area contributed by atoms with Gasteiger partial charge < -0.3 is 5.41 Å². The third kappa shape index (κ3) is 1.92. The number of rotatable bonds is 1. The van der Waals surface area contributed by atoms with E-state index in [9.17, 15) is 17.6 Å². The predicted molar refractivity (Wildman–Crippen MR) is 43.9 cm³/mol. The molecule has 1 N–H and O–H groups in total. The molecule has 0 atom stereocenters.